The molecule has 1 rings (SSSR count). The molecule has 20 heavy (non-hydrogen) atoms. The molecule has 0 heterocycles. The Labute approximate surface area is 116 Å². The van der Waals surface area contributed by atoms with Gasteiger partial charge in [0.25, 0.3) is 0 Å². The Morgan fingerprint density at radius 2 is 2.05 bits per heavy atom. The molecule has 0 aromatic heterocycles. The van der Waals surface area contributed by atoms with E-state index in [9.17, 15) is 13.6 Å². The number of hydrogen-bond acceptors (Lipinski definition) is 4. The molecule has 0 spiro atoms. The molecule has 2 N–H and O–H groups in total. The topological polar surface area (TPSA) is 61.8 Å². The molecule has 0 radical (unpaired) electrons. The largest absolute Gasteiger partial charge is 0.435 e. The van der Waals surface area contributed by atoms with Crippen LogP contribution in [0.5, 0.6) is 5.75 Å². The van der Waals surface area contributed by atoms with Crippen molar-refractivity contribution in [3.8, 4) is 5.75 Å². The van der Waals surface area contributed by atoms with Crippen molar-refractivity contribution in [2.75, 3.05) is 31.6 Å². The van der Waals surface area contributed by atoms with E-state index in [2.05, 4.69) is 10.1 Å². The number of likely N-dealkylation sites (N-methyl/N-ethyl adjacent to an activating group) is 1. The van der Waals surface area contributed by atoms with Gasteiger partial charge in [0.1, 0.15) is 5.75 Å². The van der Waals surface area contributed by atoms with Gasteiger partial charge in [0.2, 0.25) is 5.91 Å². The maximum atomic E-state index is 12.0. The smallest absolute Gasteiger partial charge is 0.387 e. The number of amides is 1. The second kappa shape index (κ2) is 8.44. The number of alkyl halides is 2. The third kappa shape index (κ3) is 5.94. The summed E-state index contributed by atoms with van der Waals surface area (Å²) in [5.74, 6) is -0.198. The van der Waals surface area contributed by atoms with E-state index in [1.165, 1.54) is 24.3 Å². The van der Waals surface area contributed by atoms with Gasteiger partial charge in [0.15, 0.2) is 0 Å². The summed E-state index contributed by atoms with van der Waals surface area (Å²) in [7, 11) is 0. The molecular formula is C13H18F2N2O3. The molecule has 0 fully saturated rings. The molecule has 1 aromatic rings. The number of aliphatic hydroxyl groups excluding tert-OH is 1. The molecule has 0 saturated heterocycles. The predicted molar refractivity (Wildman–Crippen MR) is 70.9 cm³/mol. The van der Waals surface area contributed by atoms with E-state index in [1.807, 2.05) is 6.92 Å². The molecule has 1 amide bonds. The highest BCUT2D eigenvalue weighted by Gasteiger charge is 2.09. The van der Waals surface area contributed by atoms with Crippen LogP contribution in [0.25, 0.3) is 0 Å². The van der Waals surface area contributed by atoms with Gasteiger partial charge in [-0.1, -0.05) is 6.92 Å². The Hall–Kier alpha value is -1.73. The predicted octanol–water partition coefficient (Wildman–Crippen LogP) is 1.54. The standard InChI is InChI=1S/C13H18F2N2O3/c1-2-17(7-8-18)9-12(19)16-10-3-5-11(6-4-10)20-13(14)15/h3-6,13,18H,2,7-9H2,1H3,(H,16,19). The second-order valence-corrected chi connectivity index (χ2v) is 4.04. The first-order valence-corrected chi connectivity index (χ1v) is 6.23. The number of halogens is 2. The van der Waals surface area contributed by atoms with Gasteiger partial charge < -0.3 is 15.2 Å². The van der Waals surface area contributed by atoms with Gasteiger partial charge in [-0.3, -0.25) is 9.69 Å². The minimum Gasteiger partial charge on any atom is -0.435 e. The van der Waals surface area contributed by atoms with E-state index in [1.54, 1.807) is 4.90 Å². The highest BCUT2D eigenvalue weighted by Crippen LogP contribution is 2.17. The van der Waals surface area contributed by atoms with Crippen LogP contribution in [0, 0.1) is 0 Å². The lowest BCUT2D eigenvalue weighted by Gasteiger charge is -2.18. The van der Waals surface area contributed by atoms with Crippen LogP contribution in [0.15, 0.2) is 24.3 Å². The summed E-state index contributed by atoms with van der Waals surface area (Å²) in [4.78, 5) is 13.5. The molecule has 7 heteroatoms. The molecule has 112 valence electrons. The van der Waals surface area contributed by atoms with Crippen LogP contribution in [0.1, 0.15) is 6.92 Å². The fourth-order valence-corrected chi connectivity index (χ4v) is 1.61. The van der Waals surface area contributed by atoms with Gasteiger partial charge in [0, 0.05) is 12.2 Å². The number of carbonyl (C=O) groups excluding carboxylic acids is 1. The van der Waals surface area contributed by atoms with E-state index in [-0.39, 0.29) is 24.8 Å². The third-order valence-corrected chi connectivity index (χ3v) is 2.59. The van der Waals surface area contributed by atoms with Gasteiger partial charge in [-0.05, 0) is 30.8 Å². The molecular weight excluding hydrogens is 270 g/mol. The third-order valence-electron chi connectivity index (χ3n) is 2.59. The lowest BCUT2D eigenvalue weighted by molar-refractivity contribution is -0.117. The summed E-state index contributed by atoms with van der Waals surface area (Å²) in [6.45, 7) is 0.235. The summed E-state index contributed by atoms with van der Waals surface area (Å²) in [6.07, 6.45) is 0. The van der Waals surface area contributed by atoms with E-state index in [0.29, 0.717) is 18.8 Å². The molecule has 0 bridgehead atoms. The van der Waals surface area contributed by atoms with Crippen molar-refractivity contribution >= 4 is 11.6 Å². The maximum absolute atomic E-state index is 12.0. The normalized spacial score (nSPS) is 10.9. The van der Waals surface area contributed by atoms with Crippen molar-refractivity contribution in [3.05, 3.63) is 24.3 Å². The fraction of sp³-hybridized carbons (Fsp3) is 0.462. The zero-order chi connectivity index (χ0) is 15.0. The van der Waals surface area contributed by atoms with Crippen molar-refractivity contribution in [3.63, 3.8) is 0 Å². The summed E-state index contributed by atoms with van der Waals surface area (Å²) in [6, 6.07) is 5.68. The van der Waals surface area contributed by atoms with Gasteiger partial charge >= 0.3 is 6.61 Å². The monoisotopic (exact) mass is 288 g/mol. The Morgan fingerprint density at radius 1 is 1.40 bits per heavy atom. The molecule has 0 aliphatic heterocycles. The Kier molecular flexibility index (Phi) is 6.89. The molecule has 0 aliphatic carbocycles. The minimum absolute atomic E-state index is 0.0131. The van der Waals surface area contributed by atoms with Crippen LogP contribution in [0.2, 0.25) is 0 Å². The number of anilines is 1. The first-order chi connectivity index (χ1) is 9.55. The molecule has 0 unspecified atom stereocenters. The molecule has 0 saturated carbocycles. The van der Waals surface area contributed by atoms with Crippen molar-refractivity contribution in [1.82, 2.24) is 4.90 Å². The number of nitrogens with zero attached hydrogens (tertiary/aromatic N) is 1. The Morgan fingerprint density at radius 3 is 2.55 bits per heavy atom. The van der Waals surface area contributed by atoms with Crippen LogP contribution >= 0.6 is 0 Å². The maximum Gasteiger partial charge on any atom is 0.387 e. The highest BCUT2D eigenvalue weighted by molar-refractivity contribution is 5.92. The van der Waals surface area contributed by atoms with E-state index >= 15 is 0 Å². The zero-order valence-corrected chi connectivity index (χ0v) is 11.2. The molecule has 0 atom stereocenters. The van der Waals surface area contributed by atoms with Crippen molar-refractivity contribution in [1.29, 1.82) is 0 Å². The van der Waals surface area contributed by atoms with E-state index in [0.717, 1.165) is 0 Å². The number of carbonyl (C=O) groups is 1. The summed E-state index contributed by atoms with van der Waals surface area (Å²) < 4.78 is 28.1. The second-order valence-electron chi connectivity index (χ2n) is 4.04. The van der Waals surface area contributed by atoms with Gasteiger partial charge in [-0.2, -0.15) is 8.78 Å². The Bertz CT molecular complexity index is 413. The number of ether oxygens (including phenoxy) is 1. The van der Waals surface area contributed by atoms with Crippen LogP contribution < -0.4 is 10.1 Å². The number of rotatable bonds is 8. The van der Waals surface area contributed by atoms with Crippen LogP contribution in [-0.4, -0.2) is 48.8 Å². The molecule has 0 aliphatic rings. The van der Waals surface area contributed by atoms with E-state index < -0.39 is 6.61 Å². The van der Waals surface area contributed by atoms with Crippen molar-refractivity contribution in [2.45, 2.75) is 13.5 Å². The number of hydrogen-bond donors (Lipinski definition) is 2. The van der Waals surface area contributed by atoms with Crippen molar-refractivity contribution < 1.29 is 23.4 Å². The van der Waals surface area contributed by atoms with Crippen LogP contribution in [-0.2, 0) is 4.79 Å². The lowest BCUT2D eigenvalue weighted by Crippen LogP contribution is -2.35. The number of nitrogens with one attached hydrogen (secondary N) is 1. The summed E-state index contributed by atoms with van der Waals surface area (Å²) in [5.41, 5.74) is 0.497. The van der Waals surface area contributed by atoms with Crippen LogP contribution in [0.3, 0.4) is 0 Å². The average molecular weight is 288 g/mol. The lowest BCUT2D eigenvalue weighted by atomic mass is 10.3. The first kappa shape index (κ1) is 16.3. The summed E-state index contributed by atoms with van der Waals surface area (Å²) in [5, 5.41) is 11.5. The zero-order valence-electron chi connectivity index (χ0n) is 11.2. The van der Waals surface area contributed by atoms with Gasteiger partial charge in [0.05, 0.1) is 13.2 Å². The van der Waals surface area contributed by atoms with Gasteiger partial charge in [-0.15, -0.1) is 0 Å². The number of benzene rings is 1. The van der Waals surface area contributed by atoms with Crippen molar-refractivity contribution in [2.24, 2.45) is 0 Å². The highest BCUT2D eigenvalue weighted by atomic mass is 19.3. The average Bonchev–Trinajstić information content (AvgIpc) is 2.40. The van der Waals surface area contributed by atoms with Gasteiger partial charge in [-0.25, -0.2) is 0 Å². The minimum atomic E-state index is -2.87. The SMILES string of the molecule is CCN(CCO)CC(=O)Nc1ccc(OC(F)F)cc1. The quantitative estimate of drug-likeness (QED) is 0.762. The van der Waals surface area contributed by atoms with E-state index in [4.69, 9.17) is 5.11 Å². The fourth-order valence-electron chi connectivity index (χ4n) is 1.61. The summed E-state index contributed by atoms with van der Waals surface area (Å²) >= 11 is 0. The Balaban J connectivity index is 2.49. The molecule has 1 aromatic carbocycles. The first-order valence-electron chi connectivity index (χ1n) is 6.23. The number of aliphatic hydroxyl groups is 1. The molecule has 5 nitrogen and oxygen atoms in total. The van der Waals surface area contributed by atoms with Crippen LogP contribution in [0.4, 0.5) is 14.5 Å².